The Labute approximate surface area is 192 Å². The molecule has 8 heteroatoms. The van der Waals surface area contributed by atoms with Crippen LogP contribution in [0.25, 0.3) is 31.0 Å². The first-order chi connectivity index (χ1) is 15.5. The molecular formula is C24H19FN4OS2. The predicted molar refractivity (Wildman–Crippen MR) is 131 cm³/mol. The summed E-state index contributed by atoms with van der Waals surface area (Å²) in [5.41, 5.74) is 4.26. The number of likely N-dealkylation sites (N-methyl/N-ethyl adjacent to an activating group) is 1. The van der Waals surface area contributed by atoms with Crippen LogP contribution in [-0.4, -0.2) is 29.5 Å². The molecule has 3 aromatic carbocycles. The van der Waals surface area contributed by atoms with Gasteiger partial charge in [0.05, 0.1) is 21.5 Å². The van der Waals surface area contributed by atoms with Gasteiger partial charge in [0.25, 0.3) is 0 Å². The number of carbonyl (C=O) groups is 1. The molecule has 5 nitrogen and oxygen atoms in total. The lowest BCUT2D eigenvalue weighted by Crippen LogP contribution is -2.29. The van der Waals surface area contributed by atoms with Gasteiger partial charge >= 0.3 is 0 Å². The van der Waals surface area contributed by atoms with Crippen molar-refractivity contribution in [1.29, 1.82) is 0 Å². The minimum absolute atomic E-state index is 0.112. The molecule has 0 saturated heterocycles. The van der Waals surface area contributed by atoms with Gasteiger partial charge in [0.15, 0.2) is 5.13 Å². The zero-order chi connectivity index (χ0) is 22.2. The molecule has 5 aromatic rings. The lowest BCUT2D eigenvalue weighted by atomic mass is 10.2. The average molecular weight is 463 g/mol. The number of carbonyl (C=O) groups excluding carboxylic acids is 1. The Morgan fingerprint density at radius 1 is 1.03 bits per heavy atom. The van der Waals surface area contributed by atoms with E-state index in [1.165, 1.54) is 23.0 Å². The van der Waals surface area contributed by atoms with E-state index in [1.807, 2.05) is 36.4 Å². The molecule has 0 radical (unpaired) electrons. The number of benzene rings is 3. The molecule has 2 heterocycles. The van der Waals surface area contributed by atoms with Gasteiger partial charge < -0.3 is 10.2 Å². The molecule has 32 heavy (non-hydrogen) atoms. The van der Waals surface area contributed by atoms with Crippen LogP contribution < -0.4 is 10.2 Å². The molecule has 0 saturated carbocycles. The van der Waals surface area contributed by atoms with Crippen molar-refractivity contribution in [3.8, 4) is 10.6 Å². The molecule has 0 atom stereocenters. The van der Waals surface area contributed by atoms with Gasteiger partial charge in [-0.05, 0) is 61.0 Å². The number of amides is 1. The van der Waals surface area contributed by atoms with Gasteiger partial charge in [0, 0.05) is 18.3 Å². The molecule has 0 unspecified atom stereocenters. The van der Waals surface area contributed by atoms with Crippen molar-refractivity contribution in [2.45, 2.75) is 6.92 Å². The number of hydrogen-bond acceptors (Lipinski definition) is 6. The number of hydrogen-bond donors (Lipinski definition) is 1. The number of aromatic nitrogens is 2. The number of fused-ring (bicyclic) bond motifs is 2. The molecule has 1 N–H and O–H groups in total. The number of nitrogens with one attached hydrogen (secondary N) is 1. The van der Waals surface area contributed by atoms with Crippen LogP contribution in [0.3, 0.4) is 0 Å². The normalized spacial score (nSPS) is 11.2. The lowest BCUT2D eigenvalue weighted by molar-refractivity contribution is -0.114. The zero-order valence-corrected chi connectivity index (χ0v) is 19.1. The number of anilines is 2. The van der Waals surface area contributed by atoms with Crippen molar-refractivity contribution < 1.29 is 9.18 Å². The largest absolute Gasteiger partial charge is 0.342 e. The highest BCUT2D eigenvalue weighted by atomic mass is 32.1. The molecule has 1 amide bonds. The summed E-state index contributed by atoms with van der Waals surface area (Å²) >= 11 is 3.01. The third kappa shape index (κ3) is 4.06. The first-order valence-electron chi connectivity index (χ1n) is 10.00. The van der Waals surface area contributed by atoms with Gasteiger partial charge in [-0.25, -0.2) is 14.4 Å². The molecule has 0 aliphatic rings. The summed E-state index contributed by atoms with van der Waals surface area (Å²) in [5, 5.41) is 4.45. The van der Waals surface area contributed by atoms with Crippen LogP contribution in [0.2, 0.25) is 0 Å². The average Bonchev–Trinajstić information content (AvgIpc) is 3.39. The van der Waals surface area contributed by atoms with E-state index in [1.54, 1.807) is 29.4 Å². The molecule has 0 aliphatic carbocycles. The maximum Gasteiger partial charge on any atom is 0.243 e. The van der Waals surface area contributed by atoms with Crippen LogP contribution in [0.4, 0.5) is 15.2 Å². The number of nitrogens with zero attached hydrogens (tertiary/aromatic N) is 3. The molecular weight excluding hydrogens is 443 g/mol. The zero-order valence-electron chi connectivity index (χ0n) is 17.4. The lowest BCUT2D eigenvalue weighted by Gasteiger charge is -2.15. The van der Waals surface area contributed by atoms with Crippen molar-refractivity contribution in [3.63, 3.8) is 0 Å². The van der Waals surface area contributed by atoms with Crippen molar-refractivity contribution in [2.24, 2.45) is 0 Å². The van der Waals surface area contributed by atoms with Crippen molar-refractivity contribution in [2.75, 3.05) is 23.8 Å². The molecule has 5 rings (SSSR count). The van der Waals surface area contributed by atoms with Crippen LogP contribution in [0.15, 0.2) is 60.7 Å². The summed E-state index contributed by atoms with van der Waals surface area (Å²) in [4.78, 5) is 23.3. The maximum atomic E-state index is 13.9. The van der Waals surface area contributed by atoms with E-state index in [9.17, 15) is 9.18 Å². The van der Waals surface area contributed by atoms with Gasteiger partial charge in [-0.2, -0.15) is 0 Å². The Balaban J connectivity index is 1.26. The second kappa shape index (κ2) is 8.29. The first-order valence-corrected chi connectivity index (χ1v) is 11.6. The molecule has 0 fully saturated rings. The van der Waals surface area contributed by atoms with Crippen LogP contribution >= 0.6 is 22.7 Å². The molecule has 2 aromatic heterocycles. The van der Waals surface area contributed by atoms with Gasteiger partial charge in [-0.3, -0.25) is 4.79 Å². The number of aryl methyl sites for hydroxylation is 1. The molecule has 0 spiro atoms. The summed E-state index contributed by atoms with van der Waals surface area (Å²) in [5.74, 6) is -0.526. The fraction of sp³-hybridized carbons (Fsp3) is 0.125. The van der Waals surface area contributed by atoms with Gasteiger partial charge in [0.1, 0.15) is 16.3 Å². The van der Waals surface area contributed by atoms with Crippen molar-refractivity contribution in [3.05, 3.63) is 72.0 Å². The second-order valence-electron chi connectivity index (χ2n) is 7.55. The van der Waals surface area contributed by atoms with E-state index in [-0.39, 0.29) is 18.3 Å². The quantitative estimate of drug-likeness (QED) is 0.343. The minimum atomic E-state index is -0.355. The van der Waals surface area contributed by atoms with Crippen molar-refractivity contribution >= 4 is 59.8 Å². The smallest absolute Gasteiger partial charge is 0.243 e. The van der Waals surface area contributed by atoms with E-state index < -0.39 is 0 Å². The predicted octanol–water partition coefficient (Wildman–Crippen LogP) is 6.10. The van der Waals surface area contributed by atoms with Crippen LogP contribution in [-0.2, 0) is 4.79 Å². The number of thiazole rings is 2. The number of para-hydroxylation sites is 1. The monoisotopic (exact) mass is 462 g/mol. The SMILES string of the molecule is Cc1ccc2nc(-c3ccc(NC(=O)CN(C)c4nc5c(F)cccc5s4)cc3)sc2c1. The Kier molecular flexibility index (Phi) is 5.32. The second-order valence-corrected chi connectivity index (χ2v) is 9.59. The molecule has 0 bridgehead atoms. The van der Waals surface area contributed by atoms with E-state index in [2.05, 4.69) is 29.4 Å². The Bertz CT molecular complexity index is 1440. The highest BCUT2D eigenvalue weighted by molar-refractivity contribution is 7.22. The number of halogens is 1. The first kappa shape index (κ1) is 20.5. The van der Waals surface area contributed by atoms with Gasteiger partial charge in [-0.1, -0.05) is 23.5 Å². The van der Waals surface area contributed by atoms with Gasteiger partial charge in [0.2, 0.25) is 5.91 Å². The summed E-state index contributed by atoms with van der Waals surface area (Å²) in [6.45, 7) is 2.18. The van der Waals surface area contributed by atoms with E-state index in [0.29, 0.717) is 16.3 Å². The Hall–Kier alpha value is -3.36. The standard InChI is InChI=1S/C24H19FN4OS2/c1-14-6-11-18-20(12-14)31-23(27-18)15-7-9-16(10-8-15)26-21(30)13-29(2)24-28-22-17(25)4-3-5-19(22)32-24/h3-12H,13H2,1-2H3,(H,26,30). The minimum Gasteiger partial charge on any atom is -0.342 e. The van der Waals surface area contributed by atoms with Crippen LogP contribution in [0.5, 0.6) is 0 Å². The van der Waals surface area contributed by atoms with Crippen LogP contribution in [0, 0.1) is 12.7 Å². The summed E-state index contributed by atoms with van der Waals surface area (Å²) in [7, 11) is 1.77. The van der Waals surface area contributed by atoms with Gasteiger partial charge in [-0.15, -0.1) is 11.3 Å². The summed E-state index contributed by atoms with van der Waals surface area (Å²) in [6.07, 6.45) is 0. The van der Waals surface area contributed by atoms with E-state index in [4.69, 9.17) is 4.98 Å². The fourth-order valence-electron chi connectivity index (χ4n) is 3.40. The topological polar surface area (TPSA) is 58.1 Å². The van der Waals surface area contributed by atoms with E-state index in [0.717, 1.165) is 25.5 Å². The van der Waals surface area contributed by atoms with E-state index >= 15 is 0 Å². The summed E-state index contributed by atoms with van der Waals surface area (Å²) < 4.78 is 15.8. The number of rotatable bonds is 5. The maximum absolute atomic E-state index is 13.9. The molecule has 160 valence electrons. The Morgan fingerprint density at radius 3 is 2.62 bits per heavy atom. The fourth-order valence-corrected chi connectivity index (χ4v) is 5.41. The van der Waals surface area contributed by atoms with Crippen molar-refractivity contribution in [1.82, 2.24) is 9.97 Å². The highest BCUT2D eigenvalue weighted by Gasteiger charge is 2.14. The molecule has 0 aliphatic heterocycles. The highest BCUT2D eigenvalue weighted by Crippen LogP contribution is 2.32. The third-order valence-corrected chi connectivity index (χ3v) is 7.23. The van der Waals surface area contributed by atoms with Crippen LogP contribution in [0.1, 0.15) is 5.56 Å². The third-order valence-electron chi connectivity index (χ3n) is 5.03. The Morgan fingerprint density at radius 2 is 1.84 bits per heavy atom. The summed E-state index contributed by atoms with van der Waals surface area (Å²) in [6, 6.07) is 18.8.